The fourth-order valence-corrected chi connectivity index (χ4v) is 5.28. The molecule has 0 fully saturated rings. The fourth-order valence-electron chi connectivity index (χ4n) is 4.56. The van der Waals surface area contributed by atoms with Crippen LogP contribution in [0.1, 0.15) is 61.6 Å². The van der Waals surface area contributed by atoms with Crippen LogP contribution in [0.4, 0.5) is 0 Å². The van der Waals surface area contributed by atoms with Gasteiger partial charge in [0, 0.05) is 0 Å². The number of unbranched alkanes of at least 4 members (excludes halogenated alkanes) is 5. The molecule has 0 saturated heterocycles. The Kier molecular flexibility index (Phi) is 8.80. The van der Waals surface area contributed by atoms with Crippen molar-refractivity contribution in [1.29, 1.82) is 0 Å². The predicted octanol–water partition coefficient (Wildman–Crippen LogP) is 6.22. The van der Waals surface area contributed by atoms with Crippen LogP contribution in [-0.2, 0) is 5.41 Å². The van der Waals surface area contributed by atoms with E-state index >= 15 is 0 Å². The zero-order valence-corrected chi connectivity index (χ0v) is 19.2. The van der Waals surface area contributed by atoms with Gasteiger partial charge in [-0.2, -0.15) is 0 Å². The van der Waals surface area contributed by atoms with Crippen LogP contribution in [0.25, 0.3) is 0 Å². The summed E-state index contributed by atoms with van der Waals surface area (Å²) in [7, 11) is -3.87. The fraction of sp³-hybridized carbons (Fsp3) is 0.333. The molecule has 0 saturated carbocycles. The molecule has 0 bridgehead atoms. The van der Waals surface area contributed by atoms with E-state index in [4.69, 9.17) is 14.7 Å². The Hall–Kier alpha value is -2.03. The van der Waals surface area contributed by atoms with Crippen LogP contribution < -0.4 is 0 Å². The van der Waals surface area contributed by atoms with E-state index in [9.17, 15) is 0 Å². The standard InChI is InChI=1S/C27H35O3P/c28-31(29,30)23-15-4-2-1-3-14-22-27(24-16-8-5-9-17-24,25-18-10-6-11-19-25)26-20-12-7-13-21-26/h5-13,16-21,28-31H,1-4,14-15,22-23H2. The minimum absolute atomic E-state index is 0.145. The van der Waals surface area contributed by atoms with E-state index in [-0.39, 0.29) is 11.6 Å². The van der Waals surface area contributed by atoms with E-state index in [1.807, 2.05) is 0 Å². The summed E-state index contributed by atoms with van der Waals surface area (Å²) in [6, 6.07) is 32.5. The molecule has 3 nitrogen and oxygen atoms in total. The van der Waals surface area contributed by atoms with Crippen LogP contribution in [0.3, 0.4) is 0 Å². The average molecular weight is 439 g/mol. The summed E-state index contributed by atoms with van der Waals surface area (Å²) in [4.78, 5) is 27.4. The van der Waals surface area contributed by atoms with Gasteiger partial charge in [0.1, 0.15) is 0 Å². The first-order valence-corrected chi connectivity index (χ1v) is 13.4. The zero-order valence-electron chi connectivity index (χ0n) is 18.2. The number of hydrogen-bond acceptors (Lipinski definition) is 3. The van der Waals surface area contributed by atoms with E-state index in [1.54, 1.807) is 0 Å². The molecule has 0 spiro atoms. The van der Waals surface area contributed by atoms with E-state index in [1.165, 1.54) is 16.7 Å². The molecule has 0 aliphatic carbocycles. The van der Waals surface area contributed by atoms with Gasteiger partial charge in [-0.05, 0) is 0 Å². The molecule has 0 unspecified atom stereocenters. The number of benzene rings is 3. The van der Waals surface area contributed by atoms with Crippen LogP contribution in [0.2, 0.25) is 0 Å². The zero-order chi connectivity index (χ0) is 22.0. The Balaban J connectivity index is 1.74. The SMILES string of the molecule is O[PH](O)(O)CCCCCCCCC(c1ccccc1)(c1ccccc1)c1ccccc1. The second-order valence-electron chi connectivity index (χ2n) is 8.40. The van der Waals surface area contributed by atoms with Gasteiger partial charge in [0.25, 0.3) is 0 Å². The molecule has 0 aliphatic heterocycles. The summed E-state index contributed by atoms with van der Waals surface area (Å²) in [5.74, 6) is 0. The van der Waals surface area contributed by atoms with Gasteiger partial charge in [-0.1, -0.05) is 18.2 Å². The molecule has 166 valence electrons. The third-order valence-electron chi connectivity index (χ3n) is 6.11. The van der Waals surface area contributed by atoms with Crippen molar-refractivity contribution in [3.05, 3.63) is 108 Å². The number of rotatable bonds is 12. The van der Waals surface area contributed by atoms with Crippen molar-refractivity contribution >= 4 is 7.94 Å². The molecule has 0 heterocycles. The van der Waals surface area contributed by atoms with Gasteiger partial charge in [0.15, 0.2) is 0 Å². The summed E-state index contributed by atoms with van der Waals surface area (Å²) in [6.07, 6.45) is 7.20. The topological polar surface area (TPSA) is 60.7 Å². The minimum atomic E-state index is -3.87. The van der Waals surface area contributed by atoms with Crippen LogP contribution >= 0.6 is 7.94 Å². The molecule has 0 aliphatic rings. The Morgan fingerprint density at radius 2 is 0.839 bits per heavy atom. The summed E-state index contributed by atoms with van der Waals surface area (Å²) in [5.41, 5.74) is 3.78. The predicted molar refractivity (Wildman–Crippen MR) is 131 cm³/mol. The average Bonchev–Trinajstić information content (AvgIpc) is 2.79. The third kappa shape index (κ3) is 6.72. The number of hydrogen-bond donors (Lipinski definition) is 3. The first-order chi connectivity index (χ1) is 15.0. The molecular formula is C27H35O3P. The molecule has 31 heavy (non-hydrogen) atoms. The molecular weight excluding hydrogens is 403 g/mol. The summed E-state index contributed by atoms with van der Waals surface area (Å²) in [5, 5.41) is 0. The second kappa shape index (κ2) is 11.5. The quantitative estimate of drug-likeness (QED) is 0.179. The van der Waals surface area contributed by atoms with Crippen LogP contribution in [0.5, 0.6) is 0 Å². The molecule has 3 aromatic carbocycles. The van der Waals surface area contributed by atoms with Crippen molar-refractivity contribution in [3.8, 4) is 0 Å². The van der Waals surface area contributed by atoms with Crippen molar-refractivity contribution in [2.45, 2.75) is 50.4 Å². The molecule has 4 heteroatoms. The first kappa shape index (κ1) is 23.6. The van der Waals surface area contributed by atoms with Gasteiger partial charge < -0.3 is 0 Å². The van der Waals surface area contributed by atoms with Gasteiger partial charge in [0.05, 0.1) is 0 Å². The second-order valence-corrected chi connectivity index (χ2v) is 10.4. The molecule has 3 aromatic rings. The maximum absolute atomic E-state index is 9.12. The Morgan fingerprint density at radius 3 is 1.23 bits per heavy atom. The van der Waals surface area contributed by atoms with Crippen molar-refractivity contribution < 1.29 is 14.7 Å². The monoisotopic (exact) mass is 438 g/mol. The molecule has 0 atom stereocenters. The molecule has 0 aromatic heterocycles. The van der Waals surface area contributed by atoms with E-state index in [0.29, 0.717) is 6.42 Å². The van der Waals surface area contributed by atoms with Crippen LogP contribution in [-0.4, -0.2) is 20.8 Å². The Labute approximate surface area is 187 Å². The first-order valence-electron chi connectivity index (χ1n) is 11.4. The van der Waals surface area contributed by atoms with Gasteiger partial charge in [0.2, 0.25) is 0 Å². The summed E-state index contributed by atoms with van der Waals surface area (Å²) >= 11 is 0. The van der Waals surface area contributed by atoms with Crippen molar-refractivity contribution in [3.63, 3.8) is 0 Å². The Morgan fingerprint density at radius 1 is 0.484 bits per heavy atom. The maximum atomic E-state index is 9.12. The van der Waals surface area contributed by atoms with Gasteiger partial charge in [-0.3, -0.25) is 0 Å². The van der Waals surface area contributed by atoms with Crippen molar-refractivity contribution in [1.82, 2.24) is 0 Å². The molecule has 0 amide bonds. The molecule has 3 rings (SSSR count). The molecule has 0 radical (unpaired) electrons. The van der Waals surface area contributed by atoms with E-state index in [2.05, 4.69) is 91.0 Å². The third-order valence-corrected chi connectivity index (χ3v) is 7.14. The van der Waals surface area contributed by atoms with Gasteiger partial charge >= 0.3 is 169 Å². The van der Waals surface area contributed by atoms with Crippen molar-refractivity contribution in [2.75, 3.05) is 6.16 Å². The normalized spacial score (nSPS) is 12.6. The molecule has 3 N–H and O–H groups in total. The van der Waals surface area contributed by atoms with Gasteiger partial charge in [-0.25, -0.2) is 0 Å². The van der Waals surface area contributed by atoms with Crippen molar-refractivity contribution in [2.24, 2.45) is 0 Å². The summed E-state index contributed by atoms with van der Waals surface area (Å²) < 4.78 is 0. The Bertz CT molecular complexity index is 780. The summed E-state index contributed by atoms with van der Waals surface area (Å²) in [6.45, 7) is 0. The van der Waals surface area contributed by atoms with E-state index < -0.39 is 7.94 Å². The van der Waals surface area contributed by atoms with E-state index in [0.717, 1.165) is 38.5 Å². The van der Waals surface area contributed by atoms with Gasteiger partial charge in [-0.15, -0.1) is 0 Å². The van der Waals surface area contributed by atoms with Crippen LogP contribution in [0.15, 0.2) is 91.0 Å². The van der Waals surface area contributed by atoms with Crippen LogP contribution in [0, 0.1) is 0 Å².